The molecule has 31 heavy (non-hydrogen) atoms. The van der Waals surface area contributed by atoms with E-state index in [1.54, 1.807) is 17.4 Å². The molecule has 0 saturated carbocycles. The van der Waals surface area contributed by atoms with E-state index in [0.29, 0.717) is 31.3 Å². The second kappa shape index (κ2) is 8.63. The normalized spacial score (nSPS) is 17.1. The van der Waals surface area contributed by atoms with E-state index in [4.69, 9.17) is 4.52 Å². The molecule has 0 atom stereocenters. The van der Waals surface area contributed by atoms with Crippen molar-refractivity contribution in [3.8, 4) is 0 Å². The van der Waals surface area contributed by atoms with Crippen LogP contribution in [-0.2, 0) is 20.2 Å². The van der Waals surface area contributed by atoms with Gasteiger partial charge in [0.15, 0.2) is 0 Å². The van der Waals surface area contributed by atoms with Crippen LogP contribution in [0.4, 0.5) is 5.88 Å². The minimum Gasteiger partial charge on any atom is -0.338 e. The van der Waals surface area contributed by atoms with Gasteiger partial charge < -0.3 is 4.52 Å². The summed E-state index contributed by atoms with van der Waals surface area (Å²) in [6.07, 6.45) is 5.30. The van der Waals surface area contributed by atoms with Crippen molar-refractivity contribution in [2.75, 3.05) is 24.7 Å². The monoisotopic (exact) mass is 468 g/mol. The lowest BCUT2D eigenvalue weighted by Gasteiger charge is -2.34. The molecule has 3 rings (SSSR count). The molecule has 1 fully saturated rings. The number of piperidine rings is 1. The Labute approximate surface area is 188 Å². The van der Waals surface area contributed by atoms with Gasteiger partial charge in [-0.2, -0.15) is 0 Å². The van der Waals surface area contributed by atoms with Crippen LogP contribution in [0.3, 0.4) is 0 Å². The van der Waals surface area contributed by atoms with Crippen LogP contribution in [0.25, 0.3) is 0 Å². The highest BCUT2D eigenvalue weighted by molar-refractivity contribution is 7.88. The Morgan fingerprint density at radius 1 is 1.29 bits per heavy atom. The molecule has 172 valence electrons. The number of nitrogens with one attached hydrogen (secondary N) is 1. The fourth-order valence-corrected chi connectivity index (χ4v) is 5.71. The van der Waals surface area contributed by atoms with Gasteiger partial charge in [-0.15, -0.1) is 11.3 Å². The molecule has 2 aromatic rings. The molecule has 0 unspecified atom stereocenters. The van der Waals surface area contributed by atoms with Crippen LogP contribution in [0, 0.1) is 18.3 Å². The maximum Gasteiger partial charge on any atom is 0.232 e. The largest absolute Gasteiger partial charge is 0.338 e. The summed E-state index contributed by atoms with van der Waals surface area (Å²) in [6.45, 7) is 10.9. The third kappa shape index (κ3) is 5.53. The van der Waals surface area contributed by atoms with Gasteiger partial charge in [0.05, 0.1) is 17.0 Å². The molecular formula is C21H32N4O4S2. The van der Waals surface area contributed by atoms with Crippen molar-refractivity contribution in [1.82, 2.24) is 14.4 Å². The van der Waals surface area contributed by atoms with Gasteiger partial charge in [0.1, 0.15) is 0 Å². The Hall–Kier alpha value is -1.78. The van der Waals surface area contributed by atoms with E-state index >= 15 is 0 Å². The first kappa shape index (κ1) is 23.9. The number of aryl methyl sites for hydroxylation is 1. The van der Waals surface area contributed by atoms with Gasteiger partial charge in [0.25, 0.3) is 0 Å². The number of carbonyl (C=O) groups excluding carboxylic acids is 1. The molecule has 1 aliphatic rings. The Morgan fingerprint density at radius 2 is 1.94 bits per heavy atom. The van der Waals surface area contributed by atoms with E-state index in [1.807, 2.05) is 27.0 Å². The van der Waals surface area contributed by atoms with Gasteiger partial charge >= 0.3 is 0 Å². The average Bonchev–Trinajstić information content (AvgIpc) is 3.31. The van der Waals surface area contributed by atoms with E-state index in [9.17, 15) is 13.2 Å². The molecule has 0 aliphatic carbocycles. The van der Waals surface area contributed by atoms with Crippen LogP contribution in [0.15, 0.2) is 16.8 Å². The third-order valence-corrected chi connectivity index (χ3v) is 8.62. The molecule has 1 saturated heterocycles. The number of hydrogen-bond acceptors (Lipinski definition) is 7. The van der Waals surface area contributed by atoms with Crippen LogP contribution in [0.2, 0.25) is 0 Å². The molecule has 1 amide bonds. The maximum atomic E-state index is 13.0. The van der Waals surface area contributed by atoms with Crippen molar-refractivity contribution in [1.29, 1.82) is 0 Å². The minimum atomic E-state index is -3.15. The number of aromatic nitrogens is 2. The molecule has 3 heterocycles. The number of amides is 1. The lowest BCUT2D eigenvalue weighted by Crippen LogP contribution is -2.40. The fraction of sp³-hybridized carbons (Fsp3) is 0.667. The first-order chi connectivity index (χ1) is 14.3. The summed E-state index contributed by atoms with van der Waals surface area (Å²) in [6, 6.07) is 1.77. The predicted molar refractivity (Wildman–Crippen MR) is 122 cm³/mol. The molecule has 0 radical (unpaired) electrons. The first-order valence-corrected chi connectivity index (χ1v) is 13.1. The van der Waals surface area contributed by atoms with E-state index in [2.05, 4.69) is 29.3 Å². The second-order valence-corrected chi connectivity index (χ2v) is 12.8. The van der Waals surface area contributed by atoms with Crippen molar-refractivity contribution in [3.05, 3.63) is 27.8 Å². The lowest BCUT2D eigenvalue weighted by atomic mass is 9.78. The number of anilines is 1. The summed E-state index contributed by atoms with van der Waals surface area (Å²) in [5.41, 5.74) is -0.256. The zero-order valence-corrected chi connectivity index (χ0v) is 20.7. The average molecular weight is 469 g/mol. The number of rotatable bonds is 7. The molecule has 0 spiro atoms. The maximum absolute atomic E-state index is 13.0. The highest BCUT2D eigenvalue weighted by atomic mass is 32.2. The van der Waals surface area contributed by atoms with Crippen molar-refractivity contribution in [2.24, 2.45) is 11.3 Å². The topological polar surface area (TPSA) is 105 Å². The Morgan fingerprint density at radius 3 is 2.48 bits per heavy atom. The SMILES string of the molecule is Cc1ncc(C(C)(C)c2cc(NC(=O)C(C)(C)CC3CCN(S(C)(=O)=O)CC3)on2)s1. The number of nitrogens with zero attached hydrogens (tertiary/aromatic N) is 3. The summed E-state index contributed by atoms with van der Waals surface area (Å²) >= 11 is 1.62. The molecule has 1 N–H and O–H groups in total. The number of sulfonamides is 1. The summed E-state index contributed by atoms with van der Waals surface area (Å²) in [7, 11) is -3.15. The number of carbonyl (C=O) groups is 1. The summed E-state index contributed by atoms with van der Waals surface area (Å²) in [4.78, 5) is 18.4. The van der Waals surface area contributed by atoms with E-state index in [1.165, 1.54) is 10.6 Å². The molecular weight excluding hydrogens is 436 g/mol. The standard InChI is InChI=1S/C21H32N4O4S2/c1-14-22-13-17(30-14)21(4,5)16-11-18(29-24-16)23-19(26)20(2,3)12-15-7-9-25(10-8-15)31(6,27)28/h11,13,15H,7-10,12H2,1-6H3,(H,23,26). The quantitative estimate of drug-likeness (QED) is 0.663. The summed E-state index contributed by atoms with van der Waals surface area (Å²) in [5.74, 6) is 0.499. The van der Waals surface area contributed by atoms with Crippen molar-refractivity contribution in [2.45, 2.75) is 59.3 Å². The third-order valence-electron chi connectivity index (χ3n) is 6.08. The van der Waals surface area contributed by atoms with Crippen LogP contribution in [-0.4, -0.2) is 48.1 Å². The van der Waals surface area contributed by atoms with Crippen LogP contribution in [0.5, 0.6) is 0 Å². The van der Waals surface area contributed by atoms with Gasteiger partial charge in [-0.1, -0.05) is 19.0 Å². The first-order valence-electron chi connectivity index (χ1n) is 10.5. The molecule has 2 aromatic heterocycles. The van der Waals surface area contributed by atoms with Crippen LogP contribution in [0.1, 0.15) is 62.5 Å². The number of thiazole rings is 1. The van der Waals surface area contributed by atoms with Gasteiger partial charge in [0.2, 0.25) is 21.8 Å². The smallest absolute Gasteiger partial charge is 0.232 e. The van der Waals surface area contributed by atoms with E-state index in [0.717, 1.165) is 28.4 Å². The minimum absolute atomic E-state index is 0.132. The lowest BCUT2D eigenvalue weighted by molar-refractivity contribution is -0.125. The van der Waals surface area contributed by atoms with Gasteiger partial charge in [-0.05, 0) is 46.0 Å². The van der Waals surface area contributed by atoms with Crippen molar-refractivity contribution >= 4 is 33.2 Å². The van der Waals surface area contributed by atoms with E-state index in [-0.39, 0.29) is 11.3 Å². The van der Waals surface area contributed by atoms with Gasteiger partial charge in [0, 0.05) is 41.1 Å². The highest BCUT2D eigenvalue weighted by Gasteiger charge is 2.35. The van der Waals surface area contributed by atoms with Crippen LogP contribution >= 0.6 is 11.3 Å². The zero-order valence-electron chi connectivity index (χ0n) is 19.1. The van der Waals surface area contributed by atoms with Crippen LogP contribution < -0.4 is 5.32 Å². The molecule has 1 aliphatic heterocycles. The van der Waals surface area contributed by atoms with E-state index < -0.39 is 15.4 Å². The van der Waals surface area contributed by atoms with Gasteiger partial charge in [-0.25, -0.2) is 17.7 Å². The summed E-state index contributed by atoms with van der Waals surface area (Å²) in [5, 5.41) is 8.04. The summed E-state index contributed by atoms with van der Waals surface area (Å²) < 4.78 is 30.3. The number of hydrogen-bond donors (Lipinski definition) is 1. The predicted octanol–water partition coefficient (Wildman–Crippen LogP) is 3.79. The molecule has 10 heteroatoms. The Bertz CT molecular complexity index is 1030. The molecule has 0 aromatic carbocycles. The van der Waals surface area contributed by atoms with Crippen molar-refractivity contribution < 1.29 is 17.7 Å². The van der Waals surface area contributed by atoms with Crippen molar-refractivity contribution in [3.63, 3.8) is 0 Å². The Balaban J connectivity index is 1.61. The zero-order chi connectivity index (χ0) is 23.0. The molecule has 8 nitrogen and oxygen atoms in total. The highest BCUT2D eigenvalue weighted by Crippen LogP contribution is 2.36. The Kier molecular flexibility index (Phi) is 6.65. The second-order valence-electron chi connectivity index (χ2n) is 9.59. The molecule has 0 bridgehead atoms. The van der Waals surface area contributed by atoms with Gasteiger partial charge in [-0.3, -0.25) is 10.1 Å². The fourth-order valence-electron chi connectivity index (χ4n) is 3.95.